The minimum Gasteiger partial charge on any atom is -0.489 e. The molecule has 0 aromatic heterocycles. The van der Waals surface area contributed by atoms with Crippen LogP contribution in [0.4, 0.5) is 8.78 Å². The van der Waals surface area contributed by atoms with Crippen LogP contribution < -0.4 is 4.74 Å². The Morgan fingerprint density at radius 3 is 2.35 bits per heavy atom. The van der Waals surface area contributed by atoms with E-state index in [1.807, 2.05) is 0 Å². The van der Waals surface area contributed by atoms with Crippen molar-refractivity contribution in [3.63, 3.8) is 0 Å². The summed E-state index contributed by atoms with van der Waals surface area (Å²) in [5, 5.41) is 8.83. The molecular weight excluding hydrogens is 334 g/mol. The van der Waals surface area contributed by atoms with Crippen molar-refractivity contribution in [2.24, 2.45) is 0 Å². The third kappa shape index (κ3) is 3.54. The van der Waals surface area contributed by atoms with E-state index in [0.717, 1.165) is 18.2 Å². The van der Waals surface area contributed by atoms with Crippen LogP contribution in [-0.4, -0.2) is 11.1 Å². The number of aromatic carboxylic acids is 1. The Morgan fingerprint density at radius 1 is 1.15 bits per heavy atom. The van der Waals surface area contributed by atoms with Gasteiger partial charge in [0.25, 0.3) is 0 Å². The Morgan fingerprint density at radius 2 is 1.80 bits per heavy atom. The monoisotopic (exact) mass is 342 g/mol. The second kappa shape index (κ2) is 6.00. The summed E-state index contributed by atoms with van der Waals surface area (Å²) in [6.07, 6.45) is 0. The maximum absolute atomic E-state index is 13.0. The van der Waals surface area contributed by atoms with E-state index in [1.165, 1.54) is 12.1 Å². The molecule has 0 aliphatic heterocycles. The second-order valence-electron chi connectivity index (χ2n) is 4.01. The molecule has 0 spiro atoms. The van der Waals surface area contributed by atoms with Gasteiger partial charge in [0, 0.05) is 28.2 Å². The number of carboxylic acids is 1. The molecule has 2 aromatic rings. The summed E-state index contributed by atoms with van der Waals surface area (Å²) >= 11 is 3.23. The zero-order chi connectivity index (χ0) is 14.7. The summed E-state index contributed by atoms with van der Waals surface area (Å²) in [5.74, 6) is -2.41. The predicted molar refractivity (Wildman–Crippen MR) is 71.8 cm³/mol. The number of carbonyl (C=O) groups is 1. The van der Waals surface area contributed by atoms with Crippen LogP contribution in [0, 0.1) is 11.6 Å². The first-order chi connectivity index (χ1) is 9.45. The lowest BCUT2D eigenvalue weighted by atomic mass is 10.1. The van der Waals surface area contributed by atoms with Gasteiger partial charge in [-0.15, -0.1) is 0 Å². The quantitative estimate of drug-likeness (QED) is 0.913. The fourth-order valence-electron chi connectivity index (χ4n) is 1.57. The smallest absolute Gasteiger partial charge is 0.335 e. The van der Waals surface area contributed by atoms with E-state index in [9.17, 15) is 13.6 Å². The molecule has 2 aromatic carbocycles. The van der Waals surface area contributed by atoms with Crippen LogP contribution in [0.25, 0.3) is 0 Å². The molecule has 6 heteroatoms. The molecule has 20 heavy (non-hydrogen) atoms. The third-order valence-corrected chi connectivity index (χ3v) is 3.27. The van der Waals surface area contributed by atoms with Gasteiger partial charge < -0.3 is 9.84 Å². The van der Waals surface area contributed by atoms with Crippen LogP contribution in [0.3, 0.4) is 0 Å². The van der Waals surface area contributed by atoms with Crippen LogP contribution >= 0.6 is 15.9 Å². The summed E-state index contributed by atoms with van der Waals surface area (Å²) in [6, 6.07) is 7.34. The lowest BCUT2D eigenvalue weighted by Gasteiger charge is -2.09. The number of carboxylic acid groups (broad SMARTS) is 1. The number of rotatable bonds is 4. The van der Waals surface area contributed by atoms with Gasteiger partial charge in [-0.1, -0.05) is 22.0 Å². The highest BCUT2D eigenvalue weighted by Gasteiger charge is 2.08. The van der Waals surface area contributed by atoms with Gasteiger partial charge in [0.15, 0.2) is 0 Å². The third-order valence-electron chi connectivity index (χ3n) is 2.53. The molecule has 0 heterocycles. The van der Waals surface area contributed by atoms with Gasteiger partial charge in [-0.25, -0.2) is 13.6 Å². The van der Waals surface area contributed by atoms with Gasteiger partial charge in [-0.3, -0.25) is 0 Å². The predicted octanol–water partition coefficient (Wildman–Crippen LogP) is 4.00. The summed E-state index contributed by atoms with van der Waals surface area (Å²) in [5.41, 5.74) is 0.803. The Balaban J connectivity index is 2.12. The number of halogens is 3. The molecule has 0 radical (unpaired) electrons. The Labute approximate surface area is 121 Å². The molecule has 1 N–H and O–H groups in total. The number of hydrogen-bond acceptors (Lipinski definition) is 2. The molecule has 0 aliphatic carbocycles. The number of ether oxygens (including phenoxy) is 1. The average molecular weight is 343 g/mol. The van der Waals surface area contributed by atoms with Crippen molar-refractivity contribution in [2.45, 2.75) is 6.61 Å². The van der Waals surface area contributed by atoms with Crippen molar-refractivity contribution < 1.29 is 23.4 Å². The van der Waals surface area contributed by atoms with Gasteiger partial charge in [0.2, 0.25) is 0 Å². The van der Waals surface area contributed by atoms with Crippen molar-refractivity contribution >= 4 is 21.9 Å². The zero-order valence-electron chi connectivity index (χ0n) is 10.1. The molecule has 0 saturated heterocycles. The first kappa shape index (κ1) is 14.5. The molecule has 0 fully saturated rings. The maximum Gasteiger partial charge on any atom is 0.335 e. The molecule has 0 aliphatic rings. The molecule has 0 bridgehead atoms. The van der Waals surface area contributed by atoms with E-state index >= 15 is 0 Å². The highest BCUT2D eigenvalue weighted by molar-refractivity contribution is 9.10. The van der Waals surface area contributed by atoms with Gasteiger partial charge in [0.1, 0.15) is 24.0 Å². The molecule has 0 amide bonds. The normalized spacial score (nSPS) is 10.3. The molecule has 0 atom stereocenters. The summed E-state index contributed by atoms with van der Waals surface area (Å²) in [4.78, 5) is 10.8. The van der Waals surface area contributed by atoms with Crippen molar-refractivity contribution in [1.29, 1.82) is 0 Å². The standard InChI is InChI=1S/C14H9BrF2O3/c15-13-3-8(14(18)19)1-2-9(13)7-20-12-5-10(16)4-11(17)6-12/h1-6H,7H2,(H,18,19). The van der Waals surface area contributed by atoms with E-state index < -0.39 is 17.6 Å². The van der Waals surface area contributed by atoms with Gasteiger partial charge in [-0.2, -0.15) is 0 Å². The highest BCUT2D eigenvalue weighted by atomic mass is 79.9. The molecule has 104 valence electrons. The molecule has 3 nitrogen and oxygen atoms in total. The van der Waals surface area contributed by atoms with E-state index in [1.54, 1.807) is 6.07 Å². The molecule has 2 rings (SSSR count). The first-order valence-electron chi connectivity index (χ1n) is 5.56. The summed E-state index contributed by atoms with van der Waals surface area (Å²) < 4.78 is 31.8. The SMILES string of the molecule is O=C(O)c1ccc(COc2cc(F)cc(F)c2)c(Br)c1. The lowest BCUT2D eigenvalue weighted by Crippen LogP contribution is -2.01. The largest absolute Gasteiger partial charge is 0.489 e. The van der Waals surface area contributed by atoms with E-state index in [0.29, 0.717) is 10.0 Å². The second-order valence-corrected chi connectivity index (χ2v) is 4.86. The minimum atomic E-state index is -1.04. The summed E-state index contributed by atoms with van der Waals surface area (Å²) in [6.45, 7) is 0.0589. The van der Waals surface area contributed by atoms with Crippen LogP contribution in [0.2, 0.25) is 0 Å². The van der Waals surface area contributed by atoms with Crippen molar-refractivity contribution in [3.05, 3.63) is 63.6 Å². The summed E-state index contributed by atoms with van der Waals surface area (Å²) in [7, 11) is 0. The number of benzene rings is 2. The van der Waals surface area contributed by atoms with Gasteiger partial charge in [-0.05, 0) is 12.1 Å². The van der Waals surface area contributed by atoms with Crippen LogP contribution in [0.15, 0.2) is 40.9 Å². The number of hydrogen-bond donors (Lipinski definition) is 1. The Hall–Kier alpha value is -1.95. The topological polar surface area (TPSA) is 46.5 Å². The fraction of sp³-hybridized carbons (Fsp3) is 0.0714. The Kier molecular flexibility index (Phi) is 4.34. The van der Waals surface area contributed by atoms with Gasteiger partial charge in [0.05, 0.1) is 5.56 Å². The van der Waals surface area contributed by atoms with Gasteiger partial charge >= 0.3 is 5.97 Å². The van der Waals surface area contributed by atoms with E-state index in [-0.39, 0.29) is 17.9 Å². The van der Waals surface area contributed by atoms with Crippen molar-refractivity contribution in [3.8, 4) is 5.75 Å². The minimum absolute atomic E-state index is 0.0589. The highest BCUT2D eigenvalue weighted by Crippen LogP contribution is 2.22. The average Bonchev–Trinajstić information content (AvgIpc) is 2.36. The molecule has 0 unspecified atom stereocenters. The molecule has 0 saturated carbocycles. The maximum atomic E-state index is 13.0. The fourth-order valence-corrected chi connectivity index (χ4v) is 2.06. The van der Waals surface area contributed by atoms with Crippen LogP contribution in [0.1, 0.15) is 15.9 Å². The first-order valence-corrected chi connectivity index (χ1v) is 6.35. The lowest BCUT2D eigenvalue weighted by molar-refractivity contribution is 0.0696. The van der Waals surface area contributed by atoms with Crippen LogP contribution in [0.5, 0.6) is 5.75 Å². The molecular formula is C14H9BrF2O3. The Bertz CT molecular complexity index is 639. The zero-order valence-corrected chi connectivity index (χ0v) is 11.7. The van der Waals surface area contributed by atoms with E-state index in [4.69, 9.17) is 9.84 Å². The van der Waals surface area contributed by atoms with Crippen LogP contribution in [-0.2, 0) is 6.61 Å². The van der Waals surface area contributed by atoms with E-state index in [2.05, 4.69) is 15.9 Å². The van der Waals surface area contributed by atoms with Crippen molar-refractivity contribution in [1.82, 2.24) is 0 Å². The van der Waals surface area contributed by atoms with Crippen molar-refractivity contribution in [2.75, 3.05) is 0 Å².